The van der Waals surface area contributed by atoms with Crippen molar-refractivity contribution in [2.24, 2.45) is 7.05 Å². The van der Waals surface area contributed by atoms with Crippen molar-refractivity contribution in [2.75, 3.05) is 0 Å². The van der Waals surface area contributed by atoms with E-state index < -0.39 is 5.97 Å². The summed E-state index contributed by atoms with van der Waals surface area (Å²) >= 11 is 0. The van der Waals surface area contributed by atoms with Gasteiger partial charge in [-0.1, -0.05) is 0 Å². The van der Waals surface area contributed by atoms with E-state index in [2.05, 4.69) is 10.1 Å². The van der Waals surface area contributed by atoms with Crippen molar-refractivity contribution in [3.63, 3.8) is 0 Å². The fourth-order valence-corrected chi connectivity index (χ4v) is 1.37. The van der Waals surface area contributed by atoms with Crippen LogP contribution in [0.4, 0.5) is 0 Å². The predicted octanol–water partition coefficient (Wildman–Crippen LogP) is 1.61. The van der Waals surface area contributed by atoms with E-state index in [0.29, 0.717) is 11.6 Å². The predicted molar refractivity (Wildman–Crippen MR) is 59.2 cm³/mol. The van der Waals surface area contributed by atoms with Gasteiger partial charge in [-0.15, -0.1) is 0 Å². The number of aromatic nitrogens is 3. The number of carboxylic acids is 1. The molecule has 0 atom stereocenters. The summed E-state index contributed by atoms with van der Waals surface area (Å²) in [7, 11) is 1.77. The Morgan fingerprint density at radius 1 is 1.47 bits per heavy atom. The minimum Gasteiger partial charge on any atom is -0.477 e. The van der Waals surface area contributed by atoms with Crippen LogP contribution in [0.3, 0.4) is 0 Å². The number of hydrogen-bond donors (Lipinski definition) is 1. The van der Waals surface area contributed by atoms with Gasteiger partial charge in [0.05, 0.1) is 11.9 Å². The molecule has 17 heavy (non-hydrogen) atoms. The number of aromatic carboxylic acids is 1. The molecule has 1 N–H and O–H groups in total. The second-order valence-corrected chi connectivity index (χ2v) is 3.53. The zero-order chi connectivity index (χ0) is 12.4. The molecule has 0 aromatic carbocycles. The van der Waals surface area contributed by atoms with E-state index in [1.165, 1.54) is 12.3 Å². The molecule has 0 radical (unpaired) electrons. The Kier molecular flexibility index (Phi) is 2.78. The van der Waals surface area contributed by atoms with Crippen molar-refractivity contribution in [3.8, 4) is 11.6 Å². The molecule has 88 valence electrons. The monoisotopic (exact) mass is 233 g/mol. The first-order chi connectivity index (χ1) is 8.06. The van der Waals surface area contributed by atoms with Crippen molar-refractivity contribution in [1.29, 1.82) is 0 Å². The summed E-state index contributed by atoms with van der Waals surface area (Å²) in [6, 6.07) is 4.73. The lowest BCUT2D eigenvalue weighted by Crippen LogP contribution is -2.00. The first-order valence-electron chi connectivity index (χ1n) is 4.94. The summed E-state index contributed by atoms with van der Waals surface area (Å²) in [4.78, 5) is 14.4. The smallest absolute Gasteiger partial charge is 0.354 e. The molecule has 0 amide bonds. The number of ether oxygens (including phenoxy) is 1. The van der Waals surface area contributed by atoms with Gasteiger partial charge < -0.3 is 9.84 Å². The maximum Gasteiger partial charge on any atom is 0.354 e. The summed E-state index contributed by atoms with van der Waals surface area (Å²) in [6.45, 7) is 1.86. The van der Waals surface area contributed by atoms with E-state index in [1.807, 2.05) is 6.92 Å². The number of rotatable bonds is 3. The summed E-state index contributed by atoms with van der Waals surface area (Å²) in [5.74, 6) is -0.0155. The van der Waals surface area contributed by atoms with Gasteiger partial charge >= 0.3 is 5.97 Å². The lowest BCUT2D eigenvalue weighted by molar-refractivity contribution is 0.0690. The van der Waals surface area contributed by atoms with Crippen LogP contribution in [0.1, 0.15) is 16.2 Å². The number of carbonyl (C=O) groups is 1. The number of carboxylic acid groups (broad SMARTS) is 1. The quantitative estimate of drug-likeness (QED) is 0.871. The normalized spacial score (nSPS) is 10.2. The molecule has 2 heterocycles. The van der Waals surface area contributed by atoms with E-state index in [4.69, 9.17) is 9.84 Å². The van der Waals surface area contributed by atoms with Gasteiger partial charge in [-0.2, -0.15) is 5.10 Å². The molecule has 2 aromatic heterocycles. The summed E-state index contributed by atoms with van der Waals surface area (Å²) < 4.78 is 7.11. The average Bonchev–Trinajstić information content (AvgIpc) is 2.58. The second kappa shape index (κ2) is 4.25. The maximum atomic E-state index is 10.6. The van der Waals surface area contributed by atoms with Gasteiger partial charge in [-0.3, -0.25) is 0 Å². The van der Waals surface area contributed by atoms with Crippen LogP contribution < -0.4 is 4.74 Å². The van der Waals surface area contributed by atoms with Gasteiger partial charge in [0.2, 0.25) is 5.88 Å². The Bertz CT molecular complexity index is 546. The van der Waals surface area contributed by atoms with E-state index in [-0.39, 0.29) is 5.69 Å². The van der Waals surface area contributed by atoms with E-state index in [0.717, 1.165) is 5.69 Å². The minimum absolute atomic E-state index is 0.0152. The van der Waals surface area contributed by atoms with Crippen molar-refractivity contribution in [2.45, 2.75) is 6.92 Å². The topological polar surface area (TPSA) is 77.2 Å². The van der Waals surface area contributed by atoms with E-state index >= 15 is 0 Å². The molecule has 0 fully saturated rings. The lowest BCUT2D eigenvalue weighted by atomic mass is 10.3. The van der Waals surface area contributed by atoms with Crippen molar-refractivity contribution in [3.05, 3.63) is 35.8 Å². The molecular weight excluding hydrogens is 222 g/mol. The molecular formula is C11H11N3O3. The Labute approximate surface area is 97.5 Å². The van der Waals surface area contributed by atoms with Gasteiger partial charge in [-0.25, -0.2) is 14.5 Å². The summed E-state index contributed by atoms with van der Waals surface area (Å²) in [6.07, 6.45) is 1.37. The van der Waals surface area contributed by atoms with Crippen LogP contribution in [-0.2, 0) is 7.05 Å². The lowest BCUT2D eigenvalue weighted by Gasteiger charge is -2.04. The molecule has 6 nitrogen and oxygen atoms in total. The molecule has 0 bridgehead atoms. The molecule has 0 saturated heterocycles. The average molecular weight is 233 g/mol. The van der Waals surface area contributed by atoms with Crippen LogP contribution >= 0.6 is 0 Å². The van der Waals surface area contributed by atoms with Crippen LogP contribution in [0.2, 0.25) is 0 Å². The highest BCUT2D eigenvalue weighted by molar-refractivity contribution is 5.85. The first-order valence-corrected chi connectivity index (χ1v) is 4.94. The number of pyridine rings is 1. The number of aryl methyl sites for hydroxylation is 2. The molecule has 0 aliphatic rings. The number of nitrogens with zero attached hydrogens (tertiary/aromatic N) is 3. The molecule has 0 saturated carbocycles. The molecule has 2 rings (SSSR count). The van der Waals surface area contributed by atoms with Gasteiger partial charge in [0.15, 0.2) is 0 Å². The molecule has 0 aliphatic carbocycles. The van der Waals surface area contributed by atoms with Crippen LogP contribution in [-0.4, -0.2) is 25.8 Å². The third kappa shape index (κ3) is 2.41. The van der Waals surface area contributed by atoms with Gasteiger partial charge in [-0.05, 0) is 19.1 Å². The fourth-order valence-electron chi connectivity index (χ4n) is 1.37. The van der Waals surface area contributed by atoms with Crippen molar-refractivity contribution in [1.82, 2.24) is 14.8 Å². The van der Waals surface area contributed by atoms with Crippen molar-refractivity contribution >= 4 is 5.97 Å². The van der Waals surface area contributed by atoms with Gasteiger partial charge in [0.1, 0.15) is 11.4 Å². The minimum atomic E-state index is -1.06. The molecule has 0 spiro atoms. The third-order valence-electron chi connectivity index (χ3n) is 2.14. The highest BCUT2D eigenvalue weighted by Crippen LogP contribution is 2.20. The highest BCUT2D eigenvalue weighted by Gasteiger charge is 2.07. The fraction of sp³-hybridized carbons (Fsp3) is 0.182. The van der Waals surface area contributed by atoms with Gasteiger partial charge in [0, 0.05) is 13.1 Å². The zero-order valence-electron chi connectivity index (χ0n) is 9.41. The first kappa shape index (κ1) is 11.1. The maximum absolute atomic E-state index is 10.6. The van der Waals surface area contributed by atoms with E-state index in [9.17, 15) is 4.79 Å². The number of hydrogen-bond acceptors (Lipinski definition) is 4. The van der Waals surface area contributed by atoms with Crippen LogP contribution in [0.25, 0.3) is 0 Å². The Hall–Kier alpha value is -2.37. The van der Waals surface area contributed by atoms with E-state index in [1.54, 1.807) is 23.9 Å². The molecule has 6 heteroatoms. The van der Waals surface area contributed by atoms with Crippen LogP contribution in [0, 0.1) is 6.92 Å². The molecule has 2 aromatic rings. The Morgan fingerprint density at radius 3 is 2.71 bits per heavy atom. The molecule has 0 unspecified atom stereocenters. The highest BCUT2D eigenvalue weighted by atomic mass is 16.5. The zero-order valence-corrected chi connectivity index (χ0v) is 9.41. The summed E-state index contributed by atoms with van der Waals surface area (Å²) in [5, 5.41) is 12.8. The van der Waals surface area contributed by atoms with Gasteiger partial charge in [0.25, 0.3) is 0 Å². The van der Waals surface area contributed by atoms with Crippen molar-refractivity contribution < 1.29 is 14.6 Å². The largest absolute Gasteiger partial charge is 0.477 e. The standard InChI is InChI=1S/C11H11N3O3/c1-7-5-10(14(2)13-7)17-8-3-4-9(11(15)16)12-6-8/h3-6H,1-2H3,(H,15,16). The third-order valence-corrected chi connectivity index (χ3v) is 2.14. The van der Waals surface area contributed by atoms with Crippen LogP contribution in [0.5, 0.6) is 11.6 Å². The Morgan fingerprint density at radius 2 is 2.24 bits per heavy atom. The Balaban J connectivity index is 2.19. The molecule has 0 aliphatic heterocycles. The van der Waals surface area contributed by atoms with Crippen LogP contribution in [0.15, 0.2) is 24.4 Å². The summed E-state index contributed by atoms with van der Waals surface area (Å²) in [5.41, 5.74) is 0.830. The second-order valence-electron chi connectivity index (χ2n) is 3.53. The SMILES string of the molecule is Cc1cc(Oc2ccc(C(=O)O)nc2)n(C)n1.